The fourth-order valence-corrected chi connectivity index (χ4v) is 1.59. The van der Waals surface area contributed by atoms with Crippen molar-refractivity contribution in [2.24, 2.45) is 0 Å². The molecule has 1 amide bonds. The lowest BCUT2D eigenvalue weighted by molar-refractivity contribution is -0.118. The molecule has 1 radical (unpaired) electrons. The van der Waals surface area contributed by atoms with Crippen LogP contribution in [0.3, 0.4) is 0 Å². The van der Waals surface area contributed by atoms with Crippen molar-refractivity contribution < 1.29 is 4.79 Å². The lowest BCUT2D eigenvalue weighted by atomic mass is 10.1. The molecule has 1 N–H and O–H groups in total. The third-order valence-electron chi connectivity index (χ3n) is 2.56. The van der Waals surface area contributed by atoms with Crippen LogP contribution < -0.4 is 5.32 Å². The Bertz CT molecular complexity index is 437. The van der Waals surface area contributed by atoms with E-state index in [9.17, 15) is 4.79 Å². The smallest absolute Gasteiger partial charge is 0.224 e. The minimum absolute atomic E-state index is 0.0530. The van der Waals surface area contributed by atoms with E-state index in [-0.39, 0.29) is 5.91 Å². The molecule has 0 aliphatic heterocycles. The van der Waals surface area contributed by atoms with Crippen LogP contribution in [0.25, 0.3) is 0 Å². The minimum atomic E-state index is -0.0530. The summed E-state index contributed by atoms with van der Waals surface area (Å²) in [4.78, 5) is 15.6. The van der Waals surface area contributed by atoms with Crippen LogP contribution in [0.1, 0.15) is 11.1 Å². The lowest BCUT2D eigenvalue weighted by Crippen LogP contribution is -2.23. The molecule has 3 nitrogen and oxygen atoms in total. The fraction of sp³-hybridized carbons (Fsp3) is 0.133. The number of nitrogens with zero attached hydrogens (tertiary/aromatic N) is 1. The Hall–Kier alpha value is -2.16. The van der Waals surface area contributed by atoms with Gasteiger partial charge >= 0.3 is 0 Å². The van der Waals surface area contributed by atoms with Gasteiger partial charge in [0.1, 0.15) is 0 Å². The number of hydrogen-bond acceptors (Lipinski definition) is 2. The number of nitrogens with one attached hydrogen (secondary N) is 1. The van der Waals surface area contributed by atoms with Gasteiger partial charge in [-0.15, -0.1) is 0 Å². The van der Waals surface area contributed by atoms with E-state index in [1.165, 1.54) is 0 Å². The highest BCUT2D eigenvalue weighted by atomic mass is 16.1. The largest absolute Gasteiger partial charge is 0.352 e. The number of aromatic nitrogens is 1. The Morgan fingerprint density at radius 1 is 1.11 bits per heavy atom. The Morgan fingerprint density at radius 2 is 1.89 bits per heavy atom. The molecular weight excluding hydrogens is 224 g/mol. The van der Waals surface area contributed by atoms with Gasteiger partial charge < -0.3 is 5.32 Å². The van der Waals surface area contributed by atoms with Crippen LogP contribution >= 0.6 is 0 Å². The van der Waals surface area contributed by atoms with Gasteiger partial charge in [0, 0.05) is 18.9 Å². The van der Waals surface area contributed by atoms with Crippen LogP contribution in [0.2, 0.25) is 0 Å². The maximum Gasteiger partial charge on any atom is 0.224 e. The molecule has 1 heterocycles. The predicted molar refractivity (Wildman–Crippen MR) is 70.5 cm³/mol. The van der Waals surface area contributed by atoms with Crippen molar-refractivity contribution in [3.8, 4) is 0 Å². The molecule has 2 aromatic rings. The molecule has 1 aromatic heterocycles. The highest BCUT2D eigenvalue weighted by Gasteiger charge is 2.02. The highest BCUT2D eigenvalue weighted by molar-refractivity contribution is 5.84. The van der Waals surface area contributed by atoms with Gasteiger partial charge in [0.2, 0.25) is 5.91 Å². The standard InChI is InChI=1S/C15H15N2O/c18-15(9-8-13-5-2-1-3-6-13)17-12-14-7-4-10-16-11-14/h1-7,9-11H,8,12H2,(H,17,18). The number of pyridine rings is 1. The molecule has 1 aromatic carbocycles. The summed E-state index contributed by atoms with van der Waals surface area (Å²) < 4.78 is 0. The van der Waals surface area contributed by atoms with Gasteiger partial charge in [-0.05, 0) is 23.6 Å². The molecule has 0 saturated heterocycles. The molecule has 0 aliphatic carbocycles. The summed E-state index contributed by atoms with van der Waals surface area (Å²) in [7, 11) is 0. The average molecular weight is 239 g/mol. The molecule has 2 rings (SSSR count). The summed E-state index contributed by atoms with van der Waals surface area (Å²) in [5.74, 6) is -0.0530. The van der Waals surface area contributed by atoms with Crippen LogP contribution in [-0.2, 0) is 17.8 Å². The Morgan fingerprint density at radius 3 is 2.61 bits per heavy atom. The summed E-state index contributed by atoms with van der Waals surface area (Å²) in [6.45, 7) is 0.512. The number of amides is 1. The molecule has 0 unspecified atom stereocenters. The van der Waals surface area contributed by atoms with Gasteiger partial charge in [0.05, 0.1) is 6.42 Å². The van der Waals surface area contributed by atoms with Gasteiger partial charge in [0.15, 0.2) is 0 Å². The van der Waals surface area contributed by atoms with Gasteiger partial charge in [-0.3, -0.25) is 9.78 Å². The van der Waals surface area contributed by atoms with Gasteiger partial charge in [-0.2, -0.15) is 0 Å². The zero-order valence-corrected chi connectivity index (χ0v) is 10.0. The summed E-state index contributed by atoms with van der Waals surface area (Å²) >= 11 is 0. The molecule has 0 saturated carbocycles. The van der Waals surface area contributed by atoms with E-state index >= 15 is 0 Å². The van der Waals surface area contributed by atoms with E-state index in [2.05, 4.69) is 10.3 Å². The van der Waals surface area contributed by atoms with Gasteiger partial charge in [-0.25, -0.2) is 0 Å². The average Bonchev–Trinajstić information content (AvgIpc) is 2.45. The van der Waals surface area contributed by atoms with Crippen molar-refractivity contribution in [2.75, 3.05) is 0 Å². The van der Waals surface area contributed by atoms with Crippen molar-refractivity contribution in [1.29, 1.82) is 0 Å². The highest BCUT2D eigenvalue weighted by Crippen LogP contribution is 2.02. The molecule has 0 bridgehead atoms. The first-order chi connectivity index (χ1) is 8.84. The number of carbonyl (C=O) groups excluding carboxylic acids is 1. The summed E-state index contributed by atoms with van der Waals surface area (Å²) in [6.07, 6.45) is 5.77. The number of benzene rings is 1. The fourth-order valence-electron chi connectivity index (χ4n) is 1.59. The second kappa shape index (κ2) is 6.55. The second-order valence-corrected chi connectivity index (χ2v) is 3.97. The third kappa shape index (κ3) is 4.01. The van der Waals surface area contributed by atoms with Gasteiger partial charge in [-0.1, -0.05) is 36.4 Å². The molecule has 0 spiro atoms. The van der Waals surface area contributed by atoms with E-state index in [0.29, 0.717) is 13.0 Å². The van der Waals surface area contributed by atoms with E-state index in [1.807, 2.05) is 42.5 Å². The second-order valence-electron chi connectivity index (χ2n) is 3.97. The topological polar surface area (TPSA) is 42.0 Å². The Balaban J connectivity index is 1.73. The molecule has 0 aliphatic rings. The van der Waals surface area contributed by atoms with Crippen molar-refractivity contribution in [3.05, 3.63) is 72.4 Å². The number of rotatable bonds is 5. The van der Waals surface area contributed by atoms with E-state index < -0.39 is 0 Å². The Kier molecular flexibility index (Phi) is 4.47. The van der Waals surface area contributed by atoms with E-state index in [0.717, 1.165) is 11.1 Å². The van der Waals surface area contributed by atoms with Crippen LogP contribution in [0.4, 0.5) is 0 Å². The van der Waals surface area contributed by atoms with Crippen LogP contribution in [-0.4, -0.2) is 10.9 Å². The van der Waals surface area contributed by atoms with Gasteiger partial charge in [0.25, 0.3) is 0 Å². The number of carbonyl (C=O) groups is 1. The van der Waals surface area contributed by atoms with E-state index in [4.69, 9.17) is 0 Å². The molecule has 91 valence electrons. The zero-order valence-electron chi connectivity index (χ0n) is 10.0. The molecular formula is C15H15N2O. The van der Waals surface area contributed by atoms with Crippen molar-refractivity contribution in [2.45, 2.75) is 13.0 Å². The summed E-state index contributed by atoms with van der Waals surface area (Å²) in [5.41, 5.74) is 2.13. The normalized spacial score (nSPS) is 10.0. The third-order valence-corrected chi connectivity index (χ3v) is 2.56. The van der Waals surface area contributed by atoms with Crippen LogP contribution in [0.5, 0.6) is 0 Å². The van der Waals surface area contributed by atoms with Crippen LogP contribution in [0, 0.1) is 6.42 Å². The van der Waals surface area contributed by atoms with E-state index in [1.54, 1.807) is 18.8 Å². The van der Waals surface area contributed by atoms with Crippen molar-refractivity contribution in [1.82, 2.24) is 10.3 Å². The first-order valence-corrected chi connectivity index (χ1v) is 5.88. The van der Waals surface area contributed by atoms with Crippen molar-refractivity contribution in [3.63, 3.8) is 0 Å². The first kappa shape index (κ1) is 12.3. The predicted octanol–water partition coefficient (Wildman–Crippen LogP) is 2.14. The van der Waals surface area contributed by atoms with Crippen LogP contribution in [0.15, 0.2) is 54.9 Å². The lowest BCUT2D eigenvalue weighted by Gasteiger charge is -2.04. The van der Waals surface area contributed by atoms with Crippen molar-refractivity contribution >= 4 is 5.91 Å². The zero-order chi connectivity index (χ0) is 12.6. The maximum atomic E-state index is 11.6. The maximum absolute atomic E-state index is 11.6. The minimum Gasteiger partial charge on any atom is -0.352 e. The quantitative estimate of drug-likeness (QED) is 0.868. The molecule has 0 fully saturated rings. The SMILES string of the molecule is O=C([CH]Cc1ccccc1)NCc1cccnc1. The molecule has 3 heteroatoms. The number of hydrogen-bond donors (Lipinski definition) is 1. The molecule has 18 heavy (non-hydrogen) atoms. The summed E-state index contributed by atoms with van der Waals surface area (Å²) in [5, 5.41) is 2.83. The summed E-state index contributed by atoms with van der Waals surface area (Å²) in [6, 6.07) is 13.7. The monoisotopic (exact) mass is 239 g/mol. The Labute approximate surface area is 107 Å². The molecule has 0 atom stereocenters. The first-order valence-electron chi connectivity index (χ1n) is 5.88.